The Balaban J connectivity index is 1.46. The Hall–Kier alpha value is -4.31. The summed E-state index contributed by atoms with van der Waals surface area (Å²) in [6.07, 6.45) is 0. The number of oxime groups is 1. The van der Waals surface area contributed by atoms with Gasteiger partial charge >= 0.3 is 11.9 Å². The summed E-state index contributed by atoms with van der Waals surface area (Å²) < 4.78 is 5.14. The molecule has 188 valence electrons. The number of carbonyl (C=O) groups excluding carboxylic acids is 3. The Bertz CT molecular complexity index is 1340. The van der Waals surface area contributed by atoms with Gasteiger partial charge in [-0.05, 0) is 18.2 Å². The highest BCUT2D eigenvalue weighted by Gasteiger charge is 2.54. The maximum absolute atomic E-state index is 12.8. The smallest absolute Gasteiger partial charge is 0.352 e. The number of nitrogen functional groups attached to an aromatic ring is 1. The number of hydrogen-bond acceptors (Lipinski definition) is 13. The summed E-state index contributed by atoms with van der Waals surface area (Å²) in [5, 5.41) is 43.9. The molecule has 0 spiro atoms. The molecule has 1 fully saturated rings. The summed E-state index contributed by atoms with van der Waals surface area (Å²) >= 11 is 2.15. The van der Waals surface area contributed by atoms with Crippen molar-refractivity contribution in [2.75, 3.05) is 18.1 Å². The molecule has 16 heteroatoms. The highest BCUT2D eigenvalue weighted by Crippen LogP contribution is 2.40. The number of carbonyl (C=O) groups is 4. The van der Waals surface area contributed by atoms with Crippen LogP contribution in [-0.4, -0.2) is 83.7 Å². The van der Waals surface area contributed by atoms with Crippen LogP contribution >= 0.6 is 23.1 Å². The number of benzene rings is 1. The number of carboxylic acid groups (broad SMARTS) is 1. The third kappa shape index (κ3) is 4.50. The molecule has 0 saturated carbocycles. The van der Waals surface area contributed by atoms with Crippen molar-refractivity contribution in [2.24, 2.45) is 5.16 Å². The molecule has 3 heterocycles. The van der Waals surface area contributed by atoms with Gasteiger partial charge in [-0.3, -0.25) is 14.5 Å². The van der Waals surface area contributed by atoms with Crippen LogP contribution in [-0.2, 0) is 19.1 Å². The number of β-lactam (4-membered cyclic amide) rings is 1. The van der Waals surface area contributed by atoms with Crippen molar-refractivity contribution in [2.45, 2.75) is 11.4 Å². The zero-order valence-electron chi connectivity index (χ0n) is 17.9. The van der Waals surface area contributed by atoms with E-state index in [1.807, 2.05) is 0 Å². The van der Waals surface area contributed by atoms with Gasteiger partial charge < -0.3 is 36.3 Å². The van der Waals surface area contributed by atoms with Gasteiger partial charge in [-0.15, -0.1) is 23.1 Å². The third-order valence-corrected chi connectivity index (χ3v) is 7.22. The maximum atomic E-state index is 12.8. The first kappa shape index (κ1) is 24.8. The van der Waals surface area contributed by atoms with E-state index in [-0.39, 0.29) is 33.4 Å². The quantitative estimate of drug-likeness (QED) is 0.0683. The second-order valence-corrected chi connectivity index (χ2v) is 9.41. The molecule has 0 radical (unpaired) electrons. The number of hydrogen-bond donors (Lipinski definition) is 6. The molecule has 2 atom stereocenters. The molecule has 2 aromatic rings. The monoisotopic (exact) mass is 535 g/mol. The van der Waals surface area contributed by atoms with Gasteiger partial charge in [-0.25, -0.2) is 14.6 Å². The van der Waals surface area contributed by atoms with E-state index in [0.717, 1.165) is 40.1 Å². The van der Waals surface area contributed by atoms with Gasteiger partial charge in [0.15, 0.2) is 22.3 Å². The fraction of sp³-hybridized carbons (Fsp3) is 0.200. The van der Waals surface area contributed by atoms with Crippen LogP contribution in [0, 0.1) is 0 Å². The Morgan fingerprint density at radius 2 is 2.03 bits per heavy atom. The lowest BCUT2D eigenvalue weighted by atomic mass is 10.0. The molecule has 4 rings (SSSR count). The molecular formula is C20H17N5O9S2. The lowest BCUT2D eigenvalue weighted by Crippen LogP contribution is -2.71. The highest BCUT2D eigenvalue weighted by atomic mass is 32.2. The number of fused-ring (bicyclic) bond motifs is 1. The van der Waals surface area contributed by atoms with Crippen molar-refractivity contribution in [3.8, 4) is 11.5 Å². The number of carboxylic acids is 1. The van der Waals surface area contributed by atoms with E-state index in [4.69, 9.17) is 10.5 Å². The van der Waals surface area contributed by atoms with E-state index in [9.17, 15) is 39.7 Å². The number of rotatable bonds is 7. The third-order valence-electron chi connectivity index (χ3n) is 5.20. The largest absolute Gasteiger partial charge is 0.504 e. The Morgan fingerprint density at radius 3 is 2.64 bits per heavy atom. The van der Waals surface area contributed by atoms with Gasteiger partial charge in [0, 0.05) is 16.7 Å². The van der Waals surface area contributed by atoms with Gasteiger partial charge in [-0.2, -0.15) is 0 Å². The number of nitrogens with two attached hydrogens (primary N) is 1. The predicted octanol–water partition coefficient (Wildman–Crippen LogP) is -0.0896. The van der Waals surface area contributed by atoms with Gasteiger partial charge in [0.05, 0.1) is 5.56 Å². The van der Waals surface area contributed by atoms with Crippen LogP contribution in [0.25, 0.3) is 0 Å². The zero-order valence-corrected chi connectivity index (χ0v) is 19.6. The number of thioether (sulfide) groups is 1. The van der Waals surface area contributed by atoms with E-state index >= 15 is 0 Å². The van der Waals surface area contributed by atoms with Gasteiger partial charge in [-0.1, -0.05) is 5.16 Å². The summed E-state index contributed by atoms with van der Waals surface area (Å²) in [6, 6.07) is 2.20. The molecule has 0 aliphatic carbocycles. The molecule has 2 amide bonds. The van der Waals surface area contributed by atoms with Crippen molar-refractivity contribution in [1.29, 1.82) is 0 Å². The molecule has 14 nitrogen and oxygen atoms in total. The minimum atomic E-state index is -1.43. The second kappa shape index (κ2) is 9.74. The number of thiazole rings is 1. The second-order valence-electron chi connectivity index (χ2n) is 7.42. The fourth-order valence-electron chi connectivity index (χ4n) is 3.50. The number of phenols is 2. The lowest BCUT2D eigenvalue weighted by molar-refractivity contribution is -0.150. The predicted molar refractivity (Wildman–Crippen MR) is 125 cm³/mol. The van der Waals surface area contributed by atoms with Gasteiger partial charge in [0.2, 0.25) is 0 Å². The average Bonchev–Trinajstić information content (AvgIpc) is 3.27. The summed E-state index contributed by atoms with van der Waals surface area (Å²) in [6.45, 7) is -0.449. The minimum absolute atomic E-state index is 0.00889. The molecule has 1 saturated heterocycles. The summed E-state index contributed by atoms with van der Waals surface area (Å²) in [5.74, 6) is -4.82. The number of amides is 2. The maximum Gasteiger partial charge on any atom is 0.352 e. The fourth-order valence-corrected chi connectivity index (χ4v) is 5.37. The molecule has 7 N–H and O–H groups in total. The first-order valence-electron chi connectivity index (χ1n) is 9.95. The van der Waals surface area contributed by atoms with Gasteiger partial charge in [0.25, 0.3) is 11.8 Å². The Labute approximate surface area is 209 Å². The number of nitrogens with zero attached hydrogens (tertiary/aromatic N) is 3. The normalized spacial score (nSPS) is 19.4. The number of anilines is 1. The van der Waals surface area contributed by atoms with E-state index in [0.29, 0.717) is 0 Å². The number of ether oxygens (including phenoxy) is 1. The number of aromatic nitrogens is 1. The van der Waals surface area contributed by atoms with Crippen molar-refractivity contribution in [3.63, 3.8) is 0 Å². The van der Waals surface area contributed by atoms with Crippen molar-refractivity contribution < 1.29 is 44.4 Å². The molecule has 2 aliphatic heterocycles. The van der Waals surface area contributed by atoms with E-state index in [1.165, 1.54) is 11.4 Å². The molecule has 2 aliphatic rings. The molecule has 1 aromatic carbocycles. The van der Waals surface area contributed by atoms with Crippen LogP contribution in [0.4, 0.5) is 5.13 Å². The van der Waals surface area contributed by atoms with Crippen LogP contribution < -0.4 is 11.1 Å². The lowest BCUT2D eigenvalue weighted by Gasteiger charge is -2.49. The topological polar surface area (TPSA) is 225 Å². The molecule has 0 unspecified atom stereocenters. The first-order valence-corrected chi connectivity index (χ1v) is 11.9. The summed E-state index contributed by atoms with van der Waals surface area (Å²) in [7, 11) is 0. The molecule has 0 bridgehead atoms. The zero-order chi connectivity index (χ0) is 26.1. The van der Waals surface area contributed by atoms with Crippen LogP contribution in [0.5, 0.6) is 11.5 Å². The van der Waals surface area contributed by atoms with Crippen LogP contribution in [0.15, 0.2) is 40.0 Å². The van der Waals surface area contributed by atoms with Gasteiger partial charge in [0.1, 0.15) is 29.4 Å². The molecule has 1 aromatic heterocycles. The summed E-state index contributed by atoms with van der Waals surface area (Å²) in [4.78, 5) is 54.4. The summed E-state index contributed by atoms with van der Waals surface area (Å²) in [5.41, 5.74) is 4.77. The number of nitrogens with one attached hydrogen (secondary N) is 1. The number of phenolic OH excluding ortho intramolecular Hbond substituents is 2. The Kier molecular flexibility index (Phi) is 6.71. The van der Waals surface area contributed by atoms with Crippen molar-refractivity contribution in [1.82, 2.24) is 15.2 Å². The Morgan fingerprint density at radius 1 is 1.28 bits per heavy atom. The van der Waals surface area contributed by atoms with Crippen LogP contribution in [0.1, 0.15) is 16.1 Å². The van der Waals surface area contributed by atoms with E-state index in [1.54, 1.807) is 0 Å². The number of aliphatic carboxylic acids is 1. The molecule has 36 heavy (non-hydrogen) atoms. The first-order chi connectivity index (χ1) is 17.1. The van der Waals surface area contributed by atoms with Crippen molar-refractivity contribution in [3.05, 3.63) is 46.1 Å². The highest BCUT2D eigenvalue weighted by molar-refractivity contribution is 8.00. The van der Waals surface area contributed by atoms with E-state index in [2.05, 4.69) is 15.5 Å². The molecular weight excluding hydrogens is 518 g/mol. The minimum Gasteiger partial charge on any atom is -0.504 e. The number of aromatic hydroxyl groups is 2. The van der Waals surface area contributed by atoms with Crippen molar-refractivity contribution >= 4 is 57.7 Å². The standard InChI is InChI=1S/C20H17N5O9S2/c21-20-22-9(6-36-20)12(24-33)15(28)23-13-16(29)25-14(18(30)31)8(5-35-17(13)25)4-34-19(32)7-1-2-10(26)11(27)3-7/h1-3,6,13,17,26-27,33H,4-5H2,(H2,21,22)(H,23,28)(H,30,31)/b24-12-/t13-,17-/m1/s1. The SMILES string of the molecule is Nc1nc(/C(=N/O)C(=O)N[C@@H]2C(=O)N3C(C(=O)O)=C(COC(=O)c4ccc(O)c(O)c4)CS[C@H]23)cs1. The van der Waals surface area contributed by atoms with Crippen LogP contribution in [0.2, 0.25) is 0 Å². The average molecular weight is 536 g/mol. The number of esters is 1. The van der Waals surface area contributed by atoms with Crippen LogP contribution in [0.3, 0.4) is 0 Å². The van der Waals surface area contributed by atoms with E-state index < -0.39 is 59.0 Å².